The van der Waals surface area contributed by atoms with Gasteiger partial charge in [-0.25, -0.2) is 4.79 Å². The van der Waals surface area contributed by atoms with Crippen LogP contribution < -0.4 is 5.32 Å². The first-order valence-corrected chi connectivity index (χ1v) is 9.75. The van der Waals surface area contributed by atoms with Crippen molar-refractivity contribution in [3.63, 3.8) is 0 Å². The van der Waals surface area contributed by atoms with E-state index in [0.29, 0.717) is 12.6 Å². The third-order valence-electron chi connectivity index (χ3n) is 5.66. The van der Waals surface area contributed by atoms with E-state index in [1.54, 1.807) is 0 Å². The second-order valence-electron chi connectivity index (χ2n) is 7.32. The summed E-state index contributed by atoms with van der Waals surface area (Å²) in [4.78, 5) is 17.0. The zero-order valence-corrected chi connectivity index (χ0v) is 15.9. The topological polar surface area (TPSA) is 44.8 Å². The van der Waals surface area contributed by atoms with Crippen LogP contribution in [0.1, 0.15) is 29.7 Å². The molecule has 0 spiro atoms. The molecule has 0 saturated carbocycles. The lowest BCUT2D eigenvalue weighted by Crippen LogP contribution is -2.39. The monoisotopic (exact) mass is 365 g/mol. The van der Waals surface area contributed by atoms with Gasteiger partial charge in [-0.1, -0.05) is 36.4 Å². The Morgan fingerprint density at radius 1 is 1.00 bits per heavy atom. The molecule has 4 rings (SSSR count). The Hall–Kier alpha value is -2.37. The Kier molecular flexibility index (Phi) is 5.41. The average molecular weight is 365 g/mol. The van der Waals surface area contributed by atoms with Crippen LogP contribution in [0.15, 0.2) is 48.5 Å². The summed E-state index contributed by atoms with van der Waals surface area (Å²) in [7, 11) is 0. The molecule has 2 aliphatic heterocycles. The van der Waals surface area contributed by atoms with Gasteiger partial charge in [0.25, 0.3) is 0 Å². The Bertz CT molecular complexity index is 784. The van der Waals surface area contributed by atoms with Gasteiger partial charge >= 0.3 is 6.03 Å². The first kappa shape index (κ1) is 18.0. The van der Waals surface area contributed by atoms with Crippen LogP contribution in [0.25, 0.3) is 0 Å². The quantitative estimate of drug-likeness (QED) is 0.903. The van der Waals surface area contributed by atoms with Gasteiger partial charge in [0.2, 0.25) is 0 Å². The molecule has 5 heteroatoms. The van der Waals surface area contributed by atoms with Crippen molar-refractivity contribution in [1.82, 2.24) is 9.80 Å². The third kappa shape index (κ3) is 4.15. The van der Waals surface area contributed by atoms with Crippen LogP contribution in [0.3, 0.4) is 0 Å². The summed E-state index contributed by atoms with van der Waals surface area (Å²) >= 11 is 0. The number of morpholine rings is 1. The number of nitrogens with one attached hydrogen (secondary N) is 1. The Labute approximate surface area is 160 Å². The predicted octanol–water partition coefficient (Wildman–Crippen LogP) is 3.67. The lowest BCUT2D eigenvalue weighted by molar-refractivity contribution is 0.0198. The maximum absolute atomic E-state index is 12.6. The molecule has 1 saturated heterocycles. The molecule has 0 aromatic heterocycles. The molecule has 1 unspecified atom stereocenters. The molecule has 142 valence electrons. The van der Waals surface area contributed by atoms with Gasteiger partial charge in [-0.15, -0.1) is 0 Å². The molecule has 1 atom stereocenters. The Morgan fingerprint density at radius 3 is 2.44 bits per heavy atom. The summed E-state index contributed by atoms with van der Waals surface area (Å²) in [5.41, 5.74) is 4.70. The van der Waals surface area contributed by atoms with Crippen LogP contribution in [0.2, 0.25) is 0 Å². The van der Waals surface area contributed by atoms with Gasteiger partial charge in [0, 0.05) is 37.9 Å². The number of carbonyl (C=O) groups excluding carboxylic acids is 1. The smallest absolute Gasteiger partial charge is 0.322 e. The number of nitrogens with zero attached hydrogens (tertiary/aromatic N) is 2. The summed E-state index contributed by atoms with van der Waals surface area (Å²) < 4.78 is 5.43. The van der Waals surface area contributed by atoms with Crippen molar-refractivity contribution in [2.75, 3.05) is 38.2 Å². The molecule has 0 radical (unpaired) electrons. The Balaban J connectivity index is 1.36. The van der Waals surface area contributed by atoms with Gasteiger partial charge in [0.1, 0.15) is 0 Å². The molecule has 2 aliphatic rings. The minimum atomic E-state index is -0.0292. The van der Waals surface area contributed by atoms with Gasteiger partial charge in [-0.2, -0.15) is 0 Å². The van der Waals surface area contributed by atoms with E-state index in [4.69, 9.17) is 4.74 Å². The number of hydrogen-bond acceptors (Lipinski definition) is 3. The van der Waals surface area contributed by atoms with Gasteiger partial charge in [0.05, 0.1) is 13.2 Å². The van der Waals surface area contributed by atoms with Gasteiger partial charge < -0.3 is 15.0 Å². The minimum Gasteiger partial charge on any atom is -0.379 e. The van der Waals surface area contributed by atoms with Gasteiger partial charge in [-0.05, 0) is 42.2 Å². The highest BCUT2D eigenvalue weighted by molar-refractivity contribution is 5.89. The zero-order valence-electron chi connectivity index (χ0n) is 15.9. The second kappa shape index (κ2) is 8.11. The molecule has 5 nitrogen and oxygen atoms in total. The van der Waals surface area contributed by atoms with Crippen molar-refractivity contribution >= 4 is 11.7 Å². The first-order valence-electron chi connectivity index (χ1n) is 9.75. The average Bonchev–Trinajstić information content (AvgIpc) is 2.74. The molecule has 1 fully saturated rings. The molecular formula is C22H27N3O2. The van der Waals surface area contributed by atoms with Crippen LogP contribution >= 0.6 is 0 Å². The van der Waals surface area contributed by atoms with Crippen molar-refractivity contribution in [3.05, 3.63) is 65.2 Å². The summed E-state index contributed by atoms with van der Waals surface area (Å²) in [6.45, 7) is 7.20. The molecule has 0 bridgehead atoms. The van der Waals surface area contributed by atoms with E-state index in [2.05, 4.69) is 47.5 Å². The van der Waals surface area contributed by atoms with Gasteiger partial charge in [-0.3, -0.25) is 4.90 Å². The molecule has 2 amide bonds. The van der Waals surface area contributed by atoms with Crippen LogP contribution in [0.5, 0.6) is 0 Å². The molecule has 2 heterocycles. The second-order valence-corrected chi connectivity index (χ2v) is 7.32. The van der Waals surface area contributed by atoms with Crippen LogP contribution in [-0.2, 0) is 17.7 Å². The fraction of sp³-hybridized carbons (Fsp3) is 0.409. The number of fused-ring (bicyclic) bond motifs is 1. The Morgan fingerprint density at radius 2 is 1.70 bits per heavy atom. The van der Waals surface area contributed by atoms with E-state index in [0.717, 1.165) is 45.0 Å². The summed E-state index contributed by atoms with van der Waals surface area (Å²) in [5, 5.41) is 3.04. The maximum Gasteiger partial charge on any atom is 0.322 e. The van der Waals surface area contributed by atoms with Crippen molar-refractivity contribution in [2.45, 2.75) is 25.9 Å². The zero-order chi connectivity index (χ0) is 18.6. The fourth-order valence-corrected chi connectivity index (χ4v) is 3.89. The number of anilines is 1. The van der Waals surface area contributed by atoms with E-state index in [1.807, 2.05) is 23.1 Å². The number of carbonyl (C=O) groups is 1. The van der Waals surface area contributed by atoms with Gasteiger partial charge in [0.15, 0.2) is 0 Å². The number of amides is 2. The number of rotatable bonds is 3. The molecule has 2 aromatic carbocycles. The highest BCUT2D eigenvalue weighted by Gasteiger charge is 2.21. The number of ether oxygens (including phenoxy) is 1. The SMILES string of the molecule is CC(c1ccc(NC(=O)N2CCc3ccccc3C2)cc1)N1CCOCC1. The van der Waals surface area contributed by atoms with Crippen molar-refractivity contribution in [1.29, 1.82) is 0 Å². The molecule has 27 heavy (non-hydrogen) atoms. The largest absolute Gasteiger partial charge is 0.379 e. The molecule has 1 N–H and O–H groups in total. The number of benzene rings is 2. The first-order chi connectivity index (χ1) is 13.2. The van der Waals surface area contributed by atoms with E-state index in [9.17, 15) is 4.79 Å². The highest BCUT2D eigenvalue weighted by Crippen LogP contribution is 2.23. The molecule has 0 aliphatic carbocycles. The minimum absolute atomic E-state index is 0.0292. The maximum atomic E-state index is 12.6. The van der Waals surface area contributed by atoms with Crippen molar-refractivity contribution in [2.24, 2.45) is 0 Å². The normalized spacial score (nSPS) is 18.6. The lowest BCUT2D eigenvalue weighted by atomic mass is 10.0. The third-order valence-corrected chi connectivity index (χ3v) is 5.66. The van der Waals surface area contributed by atoms with E-state index < -0.39 is 0 Å². The predicted molar refractivity (Wildman–Crippen MR) is 107 cm³/mol. The van der Waals surface area contributed by atoms with Crippen molar-refractivity contribution in [3.8, 4) is 0 Å². The van der Waals surface area contributed by atoms with E-state index in [-0.39, 0.29) is 6.03 Å². The summed E-state index contributed by atoms with van der Waals surface area (Å²) in [6, 6.07) is 16.9. The van der Waals surface area contributed by atoms with Crippen LogP contribution in [-0.4, -0.2) is 48.7 Å². The summed E-state index contributed by atoms with van der Waals surface area (Å²) in [6.07, 6.45) is 0.916. The molecular weight excluding hydrogens is 338 g/mol. The van der Waals surface area contributed by atoms with Crippen LogP contribution in [0, 0.1) is 0 Å². The van der Waals surface area contributed by atoms with Crippen LogP contribution in [0.4, 0.5) is 10.5 Å². The number of urea groups is 1. The summed E-state index contributed by atoms with van der Waals surface area (Å²) in [5.74, 6) is 0. The highest BCUT2D eigenvalue weighted by atomic mass is 16.5. The standard InChI is InChI=1S/C22H27N3O2/c1-17(24-12-14-27-15-13-24)18-6-8-21(9-7-18)23-22(26)25-11-10-19-4-2-3-5-20(19)16-25/h2-9,17H,10-16H2,1H3,(H,23,26). The van der Waals surface area contributed by atoms with Crippen molar-refractivity contribution < 1.29 is 9.53 Å². The fourth-order valence-electron chi connectivity index (χ4n) is 3.89. The number of hydrogen-bond donors (Lipinski definition) is 1. The van der Waals surface area contributed by atoms with E-state index in [1.165, 1.54) is 16.7 Å². The van der Waals surface area contributed by atoms with E-state index >= 15 is 0 Å². The molecule has 2 aromatic rings. The lowest BCUT2D eigenvalue weighted by Gasteiger charge is -2.32.